The van der Waals surface area contributed by atoms with Crippen LogP contribution in [0.5, 0.6) is 0 Å². The molecular weight excluding hydrogens is 294 g/mol. The molecule has 2 fully saturated rings. The number of nitrogens with two attached hydrogens (primary N) is 1. The molecule has 0 bridgehead atoms. The second-order valence-electron chi connectivity index (χ2n) is 6.75. The first-order valence-electron chi connectivity index (χ1n) is 8.30. The molecule has 4 atom stereocenters. The summed E-state index contributed by atoms with van der Waals surface area (Å²) in [7, 11) is 0. The van der Waals surface area contributed by atoms with Crippen LogP contribution in [0, 0.1) is 11.8 Å². The van der Waals surface area contributed by atoms with Gasteiger partial charge in [-0.2, -0.15) is 0 Å². The average Bonchev–Trinajstić information content (AvgIpc) is 3.12. The van der Waals surface area contributed by atoms with Gasteiger partial charge in [-0.1, -0.05) is 0 Å². The molecular formula is C16H23N5O2. The number of aliphatic hydroxyl groups is 2. The summed E-state index contributed by atoms with van der Waals surface area (Å²) in [6.07, 6.45) is 4.75. The maximum absolute atomic E-state index is 10.6. The zero-order valence-corrected chi connectivity index (χ0v) is 13.0. The second-order valence-corrected chi connectivity index (χ2v) is 6.75. The molecule has 3 heterocycles. The summed E-state index contributed by atoms with van der Waals surface area (Å²) in [4.78, 5) is 8.32. The molecule has 1 aliphatic heterocycles. The minimum Gasteiger partial charge on any atom is -0.390 e. The molecule has 2 aromatic heterocycles. The zero-order chi connectivity index (χ0) is 16.0. The molecule has 7 nitrogen and oxygen atoms in total. The normalized spacial score (nSPS) is 32.6. The van der Waals surface area contributed by atoms with Crippen molar-refractivity contribution in [1.82, 2.24) is 19.9 Å². The van der Waals surface area contributed by atoms with Gasteiger partial charge < -0.3 is 25.8 Å². The quantitative estimate of drug-likeness (QED) is 0.634. The van der Waals surface area contributed by atoms with Crippen LogP contribution >= 0.6 is 0 Å². The van der Waals surface area contributed by atoms with Crippen LogP contribution in [0.3, 0.4) is 0 Å². The Hall–Kier alpha value is -1.70. The predicted molar refractivity (Wildman–Crippen MR) is 86.7 cm³/mol. The maximum atomic E-state index is 10.6. The molecule has 0 amide bonds. The largest absolute Gasteiger partial charge is 0.390 e. The van der Waals surface area contributed by atoms with Crippen LogP contribution < -0.4 is 11.1 Å². The van der Waals surface area contributed by atoms with E-state index in [0.717, 1.165) is 43.4 Å². The van der Waals surface area contributed by atoms with E-state index in [9.17, 15) is 10.2 Å². The van der Waals surface area contributed by atoms with Crippen molar-refractivity contribution in [2.24, 2.45) is 11.8 Å². The Morgan fingerprint density at radius 3 is 2.74 bits per heavy atom. The van der Waals surface area contributed by atoms with Crippen LogP contribution in [0.1, 0.15) is 25.3 Å². The van der Waals surface area contributed by atoms with Gasteiger partial charge in [0.05, 0.1) is 17.5 Å². The van der Waals surface area contributed by atoms with E-state index >= 15 is 0 Å². The number of anilines is 1. The highest BCUT2D eigenvalue weighted by atomic mass is 16.3. The van der Waals surface area contributed by atoms with Gasteiger partial charge in [0, 0.05) is 6.20 Å². The fraction of sp³-hybridized carbons (Fsp3) is 0.625. The smallest absolute Gasteiger partial charge is 0.145 e. The number of nitrogens with zero attached hydrogens (tertiary/aromatic N) is 3. The van der Waals surface area contributed by atoms with E-state index in [1.54, 1.807) is 0 Å². The van der Waals surface area contributed by atoms with Crippen molar-refractivity contribution in [2.45, 2.75) is 37.5 Å². The number of rotatable bonds is 2. The number of fused-ring (bicyclic) bond motifs is 1. The molecule has 5 N–H and O–H groups in total. The Morgan fingerprint density at radius 1 is 1.17 bits per heavy atom. The lowest BCUT2D eigenvalue weighted by atomic mass is 9.82. The number of hydrogen-bond donors (Lipinski definition) is 4. The lowest BCUT2D eigenvalue weighted by molar-refractivity contribution is -0.00767. The van der Waals surface area contributed by atoms with Gasteiger partial charge in [0.2, 0.25) is 0 Å². The summed E-state index contributed by atoms with van der Waals surface area (Å²) >= 11 is 0. The summed E-state index contributed by atoms with van der Waals surface area (Å²) in [5.41, 5.74) is 6.61. The van der Waals surface area contributed by atoms with Crippen molar-refractivity contribution in [3.05, 3.63) is 18.6 Å². The molecule has 124 valence electrons. The summed E-state index contributed by atoms with van der Waals surface area (Å²) in [5.74, 6) is 1.04. The van der Waals surface area contributed by atoms with E-state index in [1.807, 2.05) is 16.8 Å². The van der Waals surface area contributed by atoms with Crippen molar-refractivity contribution in [2.75, 3.05) is 18.8 Å². The van der Waals surface area contributed by atoms with Gasteiger partial charge in [0.1, 0.15) is 23.9 Å². The molecule has 0 aromatic carbocycles. The van der Waals surface area contributed by atoms with Gasteiger partial charge in [0.15, 0.2) is 0 Å². The van der Waals surface area contributed by atoms with Gasteiger partial charge in [0.25, 0.3) is 0 Å². The molecule has 0 spiro atoms. The minimum atomic E-state index is -0.776. The Kier molecular flexibility index (Phi) is 3.71. The van der Waals surface area contributed by atoms with Crippen LogP contribution in [-0.2, 0) is 0 Å². The molecule has 0 unspecified atom stereocenters. The Labute approximate surface area is 134 Å². The van der Waals surface area contributed by atoms with E-state index in [0.29, 0.717) is 11.7 Å². The monoisotopic (exact) mass is 317 g/mol. The van der Waals surface area contributed by atoms with Crippen LogP contribution in [0.25, 0.3) is 11.0 Å². The van der Waals surface area contributed by atoms with E-state index in [2.05, 4.69) is 15.3 Å². The average molecular weight is 317 g/mol. The lowest BCUT2D eigenvalue weighted by Gasteiger charge is -2.30. The lowest BCUT2D eigenvalue weighted by Crippen LogP contribution is -2.37. The first-order valence-corrected chi connectivity index (χ1v) is 8.30. The second kappa shape index (κ2) is 5.74. The van der Waals surface area contributed by atoms with Crippen LogP contribution in [-0.4, -0.2) is 50.0 Å². The number of aromatic nitrogens is 3. The van der Waals surface area contributed by atoms with Gasteiger partial charge in [-0.05, 0) is 50.3 Å². The predicted octanol–water partition coefficient (Wildman–Crippen LogP) is 0.296. The molecule has 23 heavy (non-hydrogen) atoms. The van der Waals surface area contributed by atoms with Crippen molar-refractivity contribution in [3.63, 3.8) is 0 Å². The van der Waals surface area contributed by atoms with Gasteiger partial charge in [-0.3, -0.25) is 0 Å². The van der Waals surface area contributed by atoms with Crippen molar-refractivity contribution in [1.29, 1.82) is 0 Å². The van der Waals surface area contributed by atoms with Crippen molar-refractivity contribution >= 4 is 16.9 Å². The van der Waals surface area contributed by atoms with Crippen LogP contribution in [0.4, 0.5) is 5.82 Å². The van der Waals surface area contributed by atoms with Crippen molar-refractivity contribution < 1.29 is 10.2 Å². The number of hydrogen-bond acceptors (Lipinski definition) is 6. The number of nitrogens with one attached hydrogen (secondary N) is 1. The number of piperidine rings is 1. The molecule has 2 aromatic rings. The number of nitrogen functional groups attached to an aromatic ring is 1. The van der Waals surface area contributed by atoms with Crippen molar-refractivity contribution in [3.8, 4) is 0 Å². The van der Waals surface area contributed by atoms with E-state index in [4.69, 9.17) is 5.73 Å². The minimum absolute atomic E-state index is 0.133. The summed E-state index contributed by atoms with van der Waals surface area (Å²) in [6, 6.07) is 1.71. The third-order valence-electron chi connectivity index (χ3n) is 5.58. The van der Waals surface area contributed by atoms with Gasteiger partial charge >= 0.3 is 0 Å². The zero-order valence-electron chi connectivity index (χ0n) is 13.0. The van der Waals surface area contributed by atoms with E-state index in [1.165, 1.54) is 6.33 Å². The highest BCUT2D eigenvalue weighted by Gasteiger charge is 2.45. The molecule has 2 aliphatic rings. The van der Waals surface area contributed by atoms with E-state index in [-0.39, 0.29) is 12.0 Å². The first-order chi connectivity index (χ1) is 11.2. The SMILES string of the molecule is Nc1ncnc2c1ccn2[C@@H]1C[C@H](C2CCNCC2)[C@@H](O)[C@H]1O. The van der Waals surface area contributed by atoms with Gasteiger partial charge in [-0.15, -0.1) is 0 Å². The summed E-state index contributed by atoms with van der Waals surface area (Å²) < 4.78 is 1.95. The third-order valence-corrected chi connectivity index (χ3v) is 5.58. The summed E-state index contributed by atoms with van der Waals surface area (Å²) in [5, 5.41) is 25.3. The Morgan fingerprint density at radius 2 is 1.96 bits per heavy atom. The molecule has 0 radical (unpaired) electrons. The summed E-state index contributed by atoms with van der Waals surface area (Å²) in [6.45, 7) is 1.98. The standard InChI is InChI=1S/C16H23N5O2/c17-15-10-3-6-21(16(10)20-8-19-15)12-7-11(13(22)14(12)23)9-1-4-18-5-2-9/h3,6,8-9,11-14,18,22-23H,1-2,4-5,7H2,(H2,17,19,20)/t11-,12-,13-,14+/m1/s1. The molecule has 1 saturated heterocycles. The molecule has 1 aliphatic carbocycles. The first kappa shape index (κ1) is 14.9. The van der Waals surface area contributed by atoms with Gasteiger partial charge in [-0.25, -0.2) is 9.97 Å². The van der Waals surface area contributed by atoms with Crippen LogP contribution in [0.15, 0.2) is 18.6 Å². The highest BCUT2D eigenvalue weighted by molar-refractivity contribution is 5.86. The third kappa shape index (κ3) is 2.39. The molecule has 4 rings (SSSR count). The molecule has 7 heteroatoms. The Bertz CT molecular complexity index is 697. The Balaban J connectivity index is 1.64. The number of aliphatic hydroxyl groups excluding tert-OH is 2. The molecule has 1 saturated carbocycles. The fourth-order valence-corrected chi connectivity index (χ4v) is 4.32. The highest BCUT2D eigenvalue weighted by Crippen LogP contribution is 2.43. The topological polar surface area (TPSA) is 109 Å². The maximum Gasteiger partial charge on any atom is 0.145 e. The van der Waals surface area contributed by atoms with Crippen LogP contribution in [0.2, 0.25) is 0 Å². The fourth-order valence-electron chi connectivity index (χ4n) is 4.32. The van der Waals surface area contributed by atoms with E-state index < -0.39 is 12.2 Å².